The van der Waals surface area contributed by atoms with Crippen LogP contribution in [-0.4, -0.2) is 37.2 Å². The van der Waals surface area contributed by atoms with Gasteiger partial charge in [-0.25, -0.2) is 0 Å². The van der Waals surface area contributed by atoms with Gasteiger partial charge in [-0.1, -0.05) is 284 Å². The average molecular weight is 1100 g/mol. The maximum atomic E-state index is 12.9. The average Bonchev–Trinajstić information content (AvgIpc) is 3.45. The van der Waals surface area contributed by atoms with Crippen molar-refractivity contribution in [3.05, 3.63) is 109 Å². The van der Waals surface area contributed by atoms with Gasteiger partial charge in [0.2, 0.25) is 0 Å². The molecule has 0 aromatic rings. The van der Waals surface area contributed by atoms with E-state index in [1.807, 2.05) is 0 Å². The molecule has 0 fully saturated rings. The Kier molecular flexibility index (Phi) is 63.3. The van der Waals surface area contributed by atoms with Crippen LogP contribution in [0.3, 0.4) is 0 Å². The molecule has 0 aliphatic rings. The molecule has 452 valence electrons. The Hall–Kier alpha value is -3.93. The van der Waals surface area contributed by atoms with Gasteiger partial charge >= 0.3 is 17.9 Å². The molecule has 1 atom stereocenters. The predicted molar refractivity (Wildman–Crippen MR) is 343 cm³/mol. The van der Waals surface area contributed by atoms with Crippen molar-refractivity contribution in [1.82, 2.24) is 0 Å². The fourth-order valence-electron chi connectivity index (χ4n) is 9.24. The van der Waals surface area contributed by atoms with Gasteiger partial charge in [-0.2, -0.15) is 0 Å². The SMILES string of the molecule is CC/C=C\C/C=C\C/C=C\C/C=C\C/C=C\C/C=C\CCCCC(=O)OC(COC(=O)CCCCCCC/C=C\C/C=C\CCC)COC(=O)CCCCCCCCCCCCCCCCC/C=C\CCCCCCCCCC. The van der Waals surface area contributed by atoms with Gasteiger partial charge in [0, 0.05) is 19.3 Å². The molecule has 0 heterocycles. The number of carbonyl (C=O) groups excluding carboxylic acids is 3. The van der Waals surface area contributed by atoms with E-state index in [9.17, 15) is 14.4 Å². The predicted octanol–water partition coefficient (Wildman–Crippen LogP) is 23.0. The molecule has 0 aliphatic carbocycles. The minimum absolute atomic E-state index is 0.100. The van der Waals surface area contributed by atoms with Crippen LogP contribution in [0.5, 0.6) is 0 Å². The van der Waals surface area contributed by atoms with Crippen LogP contribution in [0, 0.1) is 0 Å². The van der Waals surface area contributed by atoms with E-state index in [2.05, 4.69) is 130 Å². The van der Waals surface area contributed by atoms with Crippen molar-refractivity contribution in [3.63, 3.8) is 0 Å². The summed E-state index contributed by atoms with van der Waals surface area (Å²) in [7, 11) is 0. The highest BCUT2D eigenvalue weighted by molar-refractivity contribution is 5.71. The molecule has 0 amide bonds. The van der Waals surface area contributed by atoms with E-state index >= 15 is 0 Å². The van der Waals surface area contributed by atoms with Gasteiger partial charge < -0.3 is 14.2 Å². The van der Waals surface area contributed by atoms with Crippen molar-refractivity contribution >= 4 is 17.9 Å². The van der Waals surface area contributed by atoms with E-state index < -0.39 is 6.10 Å². The highest BCUT2D eigenvalue weighted by atomic mass is 16.6. The number of allylic oxidation sites excluding steroid dienone is 18. The Morgan fingerprint density at radius 1 is 0.266 bits per heavy atom. The maximum absolute atomic E-state index is 12.9. The summed E-state index contributed by atoms with van der Waals surface area (Å²) in [5, 5.41) is 0. The number of hydrogen-bond donors (Lipinski definition) is 0. The number of esters is 3. The first-order valence-corrected chi connectivity index (χ1v) is 33.4. The topological polar surface area (TPSA) is 78.9 Å². The van der Waals surface area contributed by atoms with Gasteiger partial charge in [0.25, 0.3) is 0 Å². The molecule has 0 radical (unpaired) electrons. The lowest BCUT2D eigenvalue weighted by Crippen LogP contribution is -2.30. The Bertz CT molecular complexity index is 1590. The highest BCUT2D eigenvalue weighted by Gasteiger charge is 2.19. The summed E-state index contributed by atoms with van der Waals surface area (Å²) < 4.78 is 16.9. The molecule has 6 nitrogen and oxygen atoms in total. The number of ether oxygens (including phenoxy) is 3. The van der Waals surface area contributed by atoms with Crippen molar-refractivity contribution < 1.29 is 28.6 Å². The fourth-order valence-corrected chi connectivity index (χ4v) is 9.24. The van der Waals surface area contributed by atoms with Crippen LogP contribution >= 0.6 is 0 Å². The molecular formula is C73H124O6. The monoisotopic (exact) mass is 1100 g/mol. The maximum Gasteiger partial charge on any atom is 0.306 e. The zero-order valence-corrected chi connectivity index (χ0v) is 51.9. The third kappa shape index (κ3) is 64.8. The van der Waals surface area contributed by atoms with Crippen LogP contribution in [0.2, 0.25) is 0 Å². The Morgan fingerprint density at radius 2 is 0.519 bits per heavy atom. The second kappa shape index (κ2) is 66.6. The number of rotatable bonds is 60. The van der Waals surface area contributed by atoms with Gasteiger partial charge in [0.1, 0.15) is 13.2 Å². The summed E-state index contributed by atoms with van der Waals surface area (Å²) >= 11 is 0. The minimum Gasteiger partial charge on any atom is -0.462 e. The van der Waals surface area contributed by atoms with Gasteiger partial charge in [-0.15, -0.1) is 0 Å². The second-order valence-electron chi connectivity index (χ2n) is 22.0. The van der Waals surface area contributed by atoms with Crippen molar-refractivity contribution in [3.8, 4) is 0 Å². The van der Waals surface area contributed by atoms with Crippen LogP contribution < -0.4 is 0 Å². The van der Waals surface area contributed by atoms with Crippen LogP contribution in [0.15, 0.2) is 109 Å². The molecule has 0 aromatic heterocycles. The van der Waals surface area contributed by atoms with E-state index in [1.165, 1.54) is 148 Å². The number of hydrogen-bond acceptors (Lipinski definition) is 6. The summed E-state index contributed by atoms with van der Waals surface area (Å²) in [6.07, 6.45) is 91.1. The first-order valence-electron chi connectivity index (χ1n) is 33.4. The quantitative estimate of drug-likeness (QED) is 0.0261. The summed E-state index contributed by atoms with van der Waals surface area (Å²) in [5.41, 5.74) is 0. The standard InChI is InChI=1S/C73H124O6/c1-4-7-10-13-16-19-22-25-27-29-31-33-34-35-36-37-38-40-41-43-45-48-51-54-57-60-63-66-72(75)78-69-70(68-77-71(74)65-62-59-56-53-50-47-24-21-18-15-12-9-6-3)79-73(76)67-64-61-58-55-52-49-46-44-42-39-32-30-28-26-23-20-17-14-11-8-5-2/h8,11-12,15,17,20-21,24,26,28-29,31-32,39,44,46,52,55,70H,4-7,9-10,13-14,16,18-19,22-23,25,27,30,33-38,40-43,45,47-51,53-54,56-69H2,1-3H3/b11-8-,15-12-,20-17-,24-21-,28-26-,31-29-,39-32-,46-44-,55-52-. The van der Waals surface area contributed by atoms with Crippen molar-refractivity contribution in [2.45, 2.75) is 322 Å². The molecule has 79 heavy (non-hydrogen) atoms. The van der Waals surface area contributed by atoms with Crippen LogP contribution in [-0.2, 0) is 28.6 Å². The molecule has 0 aliphatic heterocycles. The lowest BCUT2D eigenvalue weighted by molar-refractivity contribution is -0.167. The van der Waals surface area contributed by atoms with E-state index in [-0.39, 0.29) is 37.5 Å². The third-order valence-electron chi connectivity index (χ3n) is 14.2. The van der Waals surface area contributed by atoms with E-state index in [0.717, 1.165) is 122 Å². The zero-order chi connectivity index (χ0) is 57.1. The lowest BCUT2D eigenvalue weighted by Gasteiger charge is -2.18. The Labute approximate surface area is 489 Å². The first-order chi connectivity index (χ1) is 39.0. The first kappa shape index (κ1) is 75.1. The van der Waals surface area contributed by atoms with Gasteiger partial charge in [-0.05, 0) is 122 Å². The molecule has 0 N–H and O–H groups in total. The van der Waals surface area contributed by atoms with Crippen LogP contribution in [0.4, 0.5) is 0 Å². The van der Waals surface area contributed by atoms with Gasteiger partial charge in [-0.3, -0.25) is 14.4 Å². The van der Waals surface area contributed by atoms with Gasteiger partial charge in [0.15, 0.2) is 6.10 Å². The molecule has 6 heteroatoms. The summed E-state index contributed by atoms with van der Waals surface area (Å²) in [6.45, 7) is 6.44. The van der Waals surface area contributed by atoms with Gasteiger partial charge in [0.05, 0.1) is 0 Å². The minimum atomic E-state index is -0.810. The van der Waals surface area contributed by atoms with Crippen LogP contribution in [0.1, 0.15) is 316 Å². The molecule has 0 saturated carbocycles. The summed E-state index contributed by atoms with van der Waals surface area (Å²) in [4.78, 5) is 38.3. The summed E-state index contributed by atoms with van der Waals surface area (Å²) in [6, 6.07) is 0. The number of carbonyl (C=O) groups is 3. The normalized spacial score (nSPS) is 12.8. The summed E-state index contributed by atoms with van der Waals surface area (Å²) in [5.74, 6) is -0.951. The molecule has 0 spiro atoms. The Balaban J connectivity index is 4.34. The molecule has 1 unspecified atom stereocenters. The van der Waals surface area contributed by atoms with E-state index in [4.69, 9.17) is 14.2 Å². The molecular weight excluding hydrogens is 973 g/mol. The van der Waals surface area contributed by atoms with Crippen molar-refractivity contribution in [2.24, 2.45) is 0 Å². The fraction of sp³-hybridized carbons (Fsp3) is 0.712. The smallest absolute Gasteiger partial charge is 0.306 e. The molecule has 0 saturated heterocycles. The largest absolute Gasteiger partial charge is 0.462 e. The van der Waals surface area contributed by atoms with Crippen LogP contribution in [0.25, 0.3) is 0 Å². The van der Waals surface area contributed by atoms with E-state index in [0.29, 0.717) is 19.3 Å². The zero-order valence-electron chi connectivity index (χ0n) is 51.9. The highest BCUT2D eigenvalue weighted by Crippen LogP contribution is 2.16. The number of unbranched alkanes of at least 4 members (excludes halogenated alkanes) is 31. The molecule has 0 bridgehead atoms. The van der Waals surface area contributed by atoms with Crippen molar-refractivity contribution in [1.29, 1.82) is 0 Å². The third-order valence-corrected chi connectivity index (χ3v) is 14.2. The van der Waals surface area contributed by atoms with Crippen molar-refractivity contribution in [2.75, 3.05) is 13.2 Å². The second-order valence-corrected chi connectivity index (χ2v) is 22.0. The van der Waals surface area contributed by atoms with E-state index in [1.54, 1.807) is 0 Å². The molecule has 0 aromatic carbocycles. The Morgan fingerprint density at radius 3 is 0.861 bits per heavy atom. The lowest BCUT2D eigenvalue weighted by atomic mass is 10.0. The molecule has 0 rings (SSSR count).